The Morgan fingerprint density at radius 2 is 2.03 bits per heavy atom. The lowest BCUT2D eigenvalue weighted by Gasteiger charge is -2.43. The monoisotopic (exact) mass is 446 g/mol. The molecule has 0 atom stereocenters. The molecule has 0 saturated carbocycles. The van der Waals surface area contributed by atoms with Crippen LogP contribution in [0.3, 0.4) is 0 Å². The Balaban J connectivity index is 2.02. The first-order valence-corrected chi connectivity index (χ1v) is 11.0. The first-order valence-electron chi connectivity index (χ1n) is 10.6. The van der Waals surface area contributed by atoms with Crippen molar-refractivity contribution in [1.29, 1.82) is 5.26 Å². The molecule has 2 aliphatic heterocycles. The number of nitriles is 1. The molecule has 7 heteroatoms. The van der Waals surface area contributed by atoms with Crippen molar-refractivity contribution in [2.75, 3.05) is 13.6 Å². The van der Waals surface area contributed by atoms with Crippen molar-refractivity contribution in [2.24, 2.45) is 0 Å². The molecular formula is C25H26N4O2S. The first kappa shape index (κ1) is 21.8. The van der Waals surface area contributed by atoms with Crippen molar-refractivity contribution in [3.8, 4) is 11.8 Å². The maximum absolute atomic E-state index is 13.6. The number of benzene rings is 2. The van der Waals surface area contributed by atoms with E-state index in [4.69, 9.17) is 17.0 Å². The molecule has 0 fully saturated rings. The largest absolute Gasteiger partial charge is 0.481 e. The molecule has 6 nitrogen and oxygen atoms in total. The highest BCUT2D eigenvalue weighted by atomic mass is 32.1. The maximum atomic E-state index is 13.6. The molecule has 0 aliphatic carbocycles. The van der Waals surface area contributed by atoms with Gasteiger partial charge >= 0.3 is 0 Å². The summed E-state index contributed by atoms with van der Waals surface area (Å²) in [6.07, 6.45) is 0. The fourth-order valence-corrected chi connectivity index (χ4v) is 4.78. The number of carbonyl (C=O) groups is 1. The standard InChI is InChI=1S/C25H26N4O2S/c1-6-27-24(32)28(5)22-21(29-14-17-9-7-8-10-18(17)23(29)30)20-15(2)16(13-26)11-12-19(20)31-25(22,3)4/h7-12H,6,14H2,1-5H3,(H,27,32). The van der Waals surface area contributed by atoms with E-state index in [1.807, 2.05) is 70.0 Å². The quantitative estimate of drug-likeness (QED) is 0.713. The Bertz CT molecular complexity index is 1210. The van der Waals surface area contributed by atoms with Crippen molar-refractivity contribution in [1.82, 2.24) is 15.1 Å². The SMILES string of the molecule is CCNC(=S)N(C)C1=C(N2Cc3ccccc3C2=O)c2c(ccc(C#N)c2C)OC1(C)C. The zero-order valence-electron chi connectivity index (χ0n) is 18.9. The number of rotatable bonds is 3. The lowest BCUT2D eigenvalue weighted by atomic mass is 9.89. The van der Waals surface area contributed by atoms with Crippen molar-refractivity contribution in [2.45, 2.75) is 39.8 Å². The average molecular weight is 447 g/mol. The van der Waals surface area contributed by atoms with E-state index >= 15 is 0 Å². The van der Waals surface area contributed by atoms with E-state index in [2.05, 4.69) is 11.4 Å². The van der Waals surface area contributed by atoms with Gasteiger partial charge in [0.15, 0.2) is 5.11 Å². The number of carbonyl (C=O) groups excluding carboxylic acids is 1. The Kier molecular flexibility index (Phi) is 5.43. The molecule has 2 aromatic rings. The molecule has 2 heterocycles. The maximum Gasteiger partial charge on any atom is 0.259 e. The number of nitrogens with zero attached hydrogens (tertiary/aromatic N) is 3. The third kappa shape index (κ3) is 3.32. The summed E-state index contributed by atoms with van der Waals surface area (Å²) in [5.41, 5.74) is 4.48. The summed E-state index contributed by atoms with van der Waals surface area (Å²) in [6, 6.07) is 13.5. The number of likely N-dealkylation sites (N-methyl/N-ethyl adjacent to an activating group) is 1. The molecule has 0 unspecified atom stereocenters. The minimum absolute atomic E-state index is 0.0683. The Morgan fingerprint density at radius 3 is 2.69 bits per heavy atom. The molecule has 2 aliphatic rings. The second-order valence-electron chi connectivity index (χ2n) is 8.48. The summed E-state index contributed by atoms with van der Waals surface area (Å²) < 4.78 is 6.43. The van der Waals surface area contributed by atoms with Crippen LogP contribution >= 0.6 is 12.2 Å². The normalized spacial score (nSPS) is 16.1. The van der Waals surface area contributed by atoms with Gasteiger partial charge < -0.3 is 19.9 Å². The molecule has 0 bridgehead atoms. The van der Waals surface area contributed by atoms with Gasteiger partial charge in [-0.3, -0.25) is 4.79 Å². The van der Waals surface area contributed by atoms with Gasteiger partial charge in [-0.2, -0.15) is 5.26 Å². The van der Waals surface area contributed by atoms with Crippen LogP contribution in [0.2, 0.25) is 0 Å². The molecule has 164 valence electrons. The summed E-state index contributed by atoms with van der Waals surface area (Å²) >= 11 is 5.64. The van der Waals surface area contributed by atoms with Crippen LogP contribution < -0.4 is 10.1 Å². The van der Waals surface area contributed by atoms with E-state index in [0.717, 1.165) is 28.1 Å². The first-order chi connectivity index (χ1) is 15.2. The molecule has 4 rings (SSSR count). The van der Waals surface area contributed by atoms with Crippen LogP contribution in [0.15, 0.2) is 42.1 Å². The van der Waals surface area contributed by atoms with E-state index in [0.29, 0.717) is 35.1 Å². The lowest BCUT2D eigenvalue weighted by molar-refractivity contribution is 0.0832. The molecular weight excluding hydrogens is 420 g/mol. The van der Waals surface area contributed by atoms with Gasteiger partial charge in [-0.25, -0.2) is 0 Å². The van der Waals surface area contributed by atoms with E-state index < -0.39 is 5.60 Å². The Morgan fingerprint density at radius 1 is 1.31 bits per heavy atom. The number of ether oxygens (including phenoxy) is 1. The summed E-state index contributed by atoms with van der Waals surface area (Å²) in [4.78, 5) is 17.2. The van der Waals surface area contributed by atoms with Crippen LogP contribution in [0.25, 0.3) is 5.70 Å². The molecule has 1 N–H and O–H groups in total. The van der Waals surface area contributed by atoms with Crippen molar-refractivity contribution >= 4 is 28.9 Å². The topological polar surface area (TPSA) is 68.6 Å². The highest BCUT2D eigenvalue weighted by molar-refractivity contribution is 7.80. The van der Waals surface area contributed by atoms with Crippen LogP contribution in [0.5, 0.6) is 5.75 Å². The fourth-order valence-electron chi connectivity index (χ4n) is 4.55. The zero-order valence-corrected chi connectivity index (χ0v) is 19.8. The summed E-state index contributed by atoms with van der Waals surface area (Å²) in [6.45, 7) is 8.94. The average Bonchev–Trinajstić information content (AvgIpc) is 3.08. The van der Waals surface area contributed by atoms with Gasteiger partial charge in [-0.15, -0.1) is 0 Å². The molecule has 0 radical (unpaired) electrons. The molecule has 1 amide bonds. The van der Waals surface area contributed by atoms with Crippen molar-refractivity contribution in [3.63, 3.8) is 0 Å². The zero-order chi connectivity index (χ0) is 23.2. The van der Waals surface area contributed by atoms with E-state index in [-0.39, 0.29) is 5.91 Å². The van der Waals surface area contributed by atoms with E-state index in [9.17, 15) is 10.1 Å². The fraction of sp³-hybridized carbons (Fsp3) is 0.320. The molecule has 0 aromatic heterocycles. The molecule has 0 saturated heterocycles. The lowest BCUT2D eigenvalue weighted by Crippen LogP contribution is -2.49. The van der Waals surface area contributed by atoms with Gasteiger partial charge in [0, 0.05) is 24.7 Å². The third-order valence-electron chi connectivity index (χ3n) is 6.00. The Labute approximate surface area is 194 Å². The molecule has 32 heavy (non-hydrogen) atoms. The summed E-state index contributed by atoms with van der Waals surface area (Å²) in [5.74, 6) is 0.582. The Hall–Kier alpha value is -3.37. The van der Waals surface area contributed by atoms with Crippen LogP contribution in [0, 0.1) is 18.3 Å². The summed E-state index contributed by atoms with van der Waals surface area (Å²) in [7, 11) is 1.88. The molecule has 2 aromatic carbocycles. The van der Waals surface area contributed by atoms with Crippen molar-refractivity contribution < 1.29 is 9.53 Å². The van der Waals surface area contributed by atoms with E-state index in [1.54, 1.807) is 11.0 Å². The minimum atomic E-state index is -0.772. The number of hydrogen-bond acceptors (Lipinski definition) is 4. The van der Waals surface area contributed by atoms with Crippen molar-refractivity contribution in [3.05, 3.63) is 69.9 Å². The predicted molar refractivity (Wildman–Crippen MR) is 128 cm³/mol. The smallest absolute Gasteiger partial charge is 0.259 e. The van der Waals surface area contributed by atoms with Crippen LogP contribution in [-0.4, -0.2) is 40.0 Å². The van der Waals surface area contributed by atoms with Gasteiger partial charge in [0.05, 0.1) is 29.6 Å². The minimum Gasteiger partial charge on any atom is -0.481 e. The number of hydrogen-bond donors (Lipinski definition) is 1. The molecule has 0 spiro atoms. The van der Waals surface area contributed by atoms with Gasteiger partial charge in [0.2, 0.25) is 0 Å². The number of amides is 1. The van der Waals surface area contributed by atoms with Gasteiger partial charge in [-0.05, 0) is 69.2 Å². The highest BCUT2D eigenvalue weighted by Gasteiger charge is 2.44. The number of thiocarbonyl (C=S) groups is 1. The number of fused-ring (bicyclic) bond motifs is 2. The van der Waals surface area contributed by atoms with Gasteiger partial charge in [0.1, 0.15) is 11.4 Å². The third-order valence-corrected chi connectivity index (χ3v) is 6.42. The highest BCUT2D eigenvalue weighted by Crippen LogP contribution is 2.47. The van der Waals surface area contributed by atoms with Crippen LogP contribution in [0.4, 0.5) is 0 Å². The van der Waals surface area contributed by atoms with Crippen LogP contribution in [0.1, 0.15) is 53.4 Å². The van der Waals surface area contributed by atoms with Gasteiger partial charge in [-0.1, -0.05) is 18.2 Å². The predicted octanol–water partition coefficient (Wildman–Crippen LogP) is 4.19. The summed E-state index contributed by atoms with van der Waals surface area (Å²) in [5, 5.41) is 13.4. The second kappa shape index (κ2) is 7.95. The van der Waals surface area contributed by atoms with E-state index in [1.165, 1.54) is 0 Å². The number of nitrogens with one attached hydrogen (secondary N) is 1. The van der Waals surface area contributed by atoms with Crippen LogP contribution in [-0.2, 0) is 6.54 Å². The van der Waals surface area contributed by atoms with Gasteiger partial charge in [0.25, 0.3) is 5.91 Å². The second-order valence-corrected chi connectivity index (χ2v) is 8.86.